The van der Waals surface area contributed by atoms with E-state index in [1.807, 2.05) is 13.8 Å². The summed E-state index contributed by atoms with van der Waals surface area (Å²) in [5.41, 5.74) is 0. The largest absolute Gasteiger partial charge is 0.467 e. The van der Waals surface area contributed by atoms with Crippen LogP contribution in [0.2, 0.25) is 0 Å². The lowest BCUT2D eigenvalue weighted by Gasteiger charge is -2.24. The molecule has 0 aromatic carbocycles. The summed E-state index contributed by atoms with van der Waals surface area (Å²) >= 11 is 0. The Balaban J connectivity index is 1.90. The molecule has 1 aromatic rings. The first kappa shape index (κ1) is 18.9. The van der Waals surface area contributed by atoms with Gasteiger partial charge in [-0.05, 0) is 24.5 Å². The summed E-state index contributed by atoms with van der Waals surface area (Å²) in [5, 5.41) is 5.21. The first-order chi connectivity index (χ1) is 11.9. The summed E-state index contributed by atoms with van der Waals surface area (Å²) in [6.45, 7) is 4.42. The Kier molecular flexibility index (Phi) is 6.50. The molecule has 1 aliphatic rings. The van der Waals surface area contributed by atoms with Gasteiger partial charge in [0, 0.05) is 31.2 Å². The summed E-state index contributed by atoms with van der Waals surface area (Å²) in [6, 6.07) is 3.49. The molecule has 1 saturated heterocycles. The van der Waals surface area contributed by atoms with E-state index >= 15 is 0 Å². The number of hydrogen-bond acceptors (Lipinski definition) is 5. The van der Waals surface area contributed by atoms with Gasteiger partial charge in [0.15, 0.2) is 0 Å². The zero-order valence-corrected chi connectivity index (χ0v) is 14.5. The number of ketones is 2. The van der Waals surface area contributed by atoms with E-state index in [4.69, 9.17) is 4.42 Å². The van der Waals surface area contributed by atoms with Crippen molar-refractivity contribution in [3.05, 3.63) is 24.2 Å². The van der Waals surface area contributed by atoms with Gasteiger partial charge in [0.05, 0.1) is 12.8 Å². The normalized spacial score (nSPS) is 18.8. The van der Waals surface area contributed by atoms with E-state index in [-0.39, 0.29) is 37.0 Å². The zero-order chi connectivity index (χ0) is 18.4. The highest BCUT2D eigenvalue weighted by Crippen LogP contribution is 2.23. The van der Waals surface area contributed by atoms with Gasteiger partial charge in [0.1, 0.15) is 11.5 Å². The van der Waals surface area contributed by atoms with Crippen molar-refractivity contribution in [2.45, 2.75) is 39.7 Å². The average molecular weight is 348 g/mol. The predicted octanol–water partition coefficient (Wildman–Crippen LogP) is 1.22. The highest BCUT2D eigenvalue weighted by molar-refractivity contribution is 6.37. The smallest absolute Gasteiger partial charge is 0.287 e. The van der Waals surface area contributed by atoms with Crippen LogP contribution >= 0.6 is 0 Å². The summed E-state index contributed by atoms with van der Waals surface area (Å²) in [6.07, 6.45) is 2.07. The quantitative estimate of drug-likeness (QED) is 0.687. The SMILES string of the molecule is CC(C)C(CC(=O)NCc1ccco1)C(=O)CC1CCNC(=O)C1=O. The Labute approximate surface area is 146 Å². The molecule has 0 radical (unpaired) electrons. The molecule has 0 saturated carbocycles. The molecule has 0 bridgehead atoms. The van der Waals surface area contributed by atoms with Gasteiger partial charge >= 0.3 is 0 Å². The van der Waals surface area contributed by atoms with E-state index in [1.165, 1.54) is 6.26 Å². The van der Waals surface area contributed by atoms with Crippen LogP contribution in [0.3, 0.4) is 0 Å². The number of rotatable bonds is 8. The summed E-state index contributed by atoms with van der Waals surface area (Å²) in [7, 11) is 0. The molecule has 2 atom stereocenters. The molecule has 2 unspecified atom stereocenters. The van der Waals surface area contributed by atoms with Crippen LogP contribution in [-0.4, -0.2) is 29.9 Å². The Bertz CT molecular complexity index is 636. The van der Waals surface area contributed by atoms with Gasteiger partial charge in [0.25, 0.3) is 5.91 Å². The minimum Gasteiger partial charge on any atom is -0.467 e. The minimum absolute atomic E-state index is 0.0144. The number of Topliss-reactive ketones (excluding diaryl/α,β-unsaturated/α-hetero) is 2. The predicted molar refractivity (Wildman–Crippen MR) is 89.2 cm³/mol. The number of hydrogen-bond donors (Lipinski definition) is 2. The van der Waals surface area contributed by atoms with Crippen LogP contribution in [0.4, 0.5) is 0 Å². The van der Waals surface area contributed by atoms with Crippen LogP contribution in [0.15, 0.2) is 22.8 Å². The van der Waals surface area contributed by atoms with Crippen molar-refractivity contribution in [2.75, 3.05) is 6.54 Å². The zero-order valence-electron chi connectivity index (χ0n) is 14.5. The maximum atomic E-state index is 12.6. The van der Waals surface area contributed by atoms with Crippen LogP contribution in [0, 0.1) is 17.8 Å². The maximum Gasteiger partial charge on any atom is 0.287 e. The molecule has 1 aromatic heterocycles. The van der Waals surface area contributed by atoms with Crippen molar-refractivity contribution in [1.82, 2.24) is 10.6 Å². The van der Waals surface area contributed by atoms with Crippen molar-refractivity contribution >= 4 is 23.4 Å². The summed E-state index contributed by atoms with van der Waals surface area (Å²) in [4.78, 5) is 48.0. The van der Waals surface area contributed by atoms with Crippen LogP contribution in [0.25, 0.3) is 0 Å². The molecule has 0 aliphatic carbocycles. The lowest BCUT2D eigenvalue weighted by molar-refractivity contribution is -0.143. The van der Waals surface area contributed by atoms with E-state index in [0.717, 1.165) is 0 Å². The minimum atomic E-state index is -0.624. The molecule has 2 rings (SSSR count). The first-order valence-corrected chi connectivity index (χ1v) is 8.52. The third kappa shape index (κ3) is 5.27. The number of nitrogens with one attached hydrogen (secondary N) is 2. The Hall–Kier alpha value is -2.44. The van der Waals surface area contributed by atoms with Gasteiger partial charge in [0.2, 0.25) is 11.7 Å². The Morgan fingerprint density at radius 1 is 1.36 bits per heavy atom. The second-order valence-corrected chi connectivity index (χ2v) is 6.69. The van der Waals surface area contributed by atoms with E-state index in [9.17, 15) is 19.2 Å². The standard InChI is InChI=1S/C18H24N2O5/c1-11(2)14(9-16(22)20-10-13-4-3-7-25-13)15(21)8-12-5-6-19-18(24)17(12)23/h3-4,7,11-12,14H,5-6,8-10H2,1-2H3,(H,19,24)(H,20,22). The van der Waals surface area contributed by atoms with Crippen molar-refractivity contribution in [1.29, 1.82) is 0 Å². The second kappa shape index (κ2) is 8.60. The summed E-state index contributed by atoms with van der Waals surface area (Å²) < 4.78 is 5.15. The third-order valence-electron chi connectivity index (χ3n) is 4.48. The fourth-order valence-corrected chi connectivity index (χ4v) is 2.94. The van der Waals surface area contributed by atoms with Gasteiger partial charge in [-0.25, -0.2) is 0 Å². The molecule has 7 heteroatoms. The van der Waals surface area contributed by atoms with Crippen molar-refractivity contribution in [3.8, 4) is 0 Å². The number of piperidine rings is 1. The topological polar surface area (TPSA) is 105 Å². The molecule has 2 amide bonds. The Morgan fingerprint density at radius 3 is 2.76 bits per heavy atom. The van der Waals surface area contributed by atoms with Gasteiger partial charge in [-0.3, -0.25) is 19.2 Å². The molecular formula is C18H24N2O5. The fourth-order valence-electron chi connectivity index (χ4n) is 2.94. The van der Waals surface area contributed by atoms with E-state index in [2.05, 4.69) is 10.6 Å². The average Bonchev–Trinajstić information content (AvgIpc) is 3.08. The molecular weight excluding hydrogens is 324 g/mol. The lowest BCUT2D eigenvalue weighted by Crippen LogP contribution is -2.44. The lowest BCUT2D eigenvalue weighted by atomic mass is 9.81. The van der Waals surface area contributed by atoms with Gasteiger partial charge in [-0.1, -0.05) is 13.8 Å². The molecule has 0 spiro atoms. The van der Waals surface area contributed by atoms with E-state index in [0.29, 0.717) is 18.7 Å². The monoisotopic (exact) mass is 348 g/mol. The van der Waals surface area contributed by atoms with Crippen molar-refractivity contribution < 1.29 is 23.6 Å². The van der Waals surface area contributed by atoms with E-state index < -0.39 is 23.5 Å². The van der Waals surface area contributed by atoms with E-state index in [1.54, 1.807) is 12.1 Å². The first-order valence-electron chi connectivity index (χ1n) is 8.52. The van der Waals surface area contributed by atoms with Gasteiger partial charge in [-0.2, -0.15) is 0 Å². The molecule has 25 heavy (non-hydrogen) atoms. The molecule has 1 aliphatic heterocycles. The second-order valence-electron chi connectivity index (χ2n) is 6.69. The highest BCUT2D eigenvalue weighted by atomic mass is 16.3. The third-order valence-corrected chi connectivity index (χ3v) is 4.48. The Morgan fingerprint density at radius 2 is 2.12 bits per heavy atom. The number of carbonyl (C=O) groups is 4. The highest BCUT2D eigenvalue weighted by Gasteiger charge is 2.34. The molecule has 1 fully saturated rings. The van der Waals surface area contributed by atoms with Crippen LogP contribution in [0.5, 0.6) is 0 Å². The molecule has 7 nitrogen and oxygen atoms in total. The molecule has 2 heterocycles. The molecule has 2 N–H and O–H groups in total. The number of carbonyl (C=O) groups excluding carboxylic acids is 4. The van der Waals surface area contributed by atoms with Gasteiger partial charge < -0.3 is 15.1 Å². The fraction of sp³-hybridized carbons (Fsp3) is 0.556. The molecule has 136 valence electrons. The van der Waals surface area contributed by atoms with Gasteiger partial charge in [-0.15, -0.1) is 0 Å². The van der Waals surface area contributed by atoms with Crippen LogP contribution in [-0.2, 0) is 25.7 Å². The van der Waals surface area contributed by atoms with Crippen LogP contribution < -0.4 is 10.6 Å². The maximum absolute atomic E-state index is 12.6. The number of amides is 2. The summed E-state index contributed by atoms with van der Waals surface area (Å²) in [5.74, 6) is -1.99. The van der Waals surface area contributed by atoms with Crippen LogP contribution in [0.1, 0.15) is 38.9 Å². The number of furan rings is 1. The van der Waals surface area contributed by atoms with Crippen molar-refractivity contribution in [2.24, 2.45) is 17.8 Å². The van der Waals surface area contributed by atoms with Crippen molar-refractivity contribution in [3.63, 3.8) is 0 Å².